The quantitative estimate of drug-likeness (QED) is 0.632. The van der Waals surface area contributed by atoms with Crippen LogP contribution in [0.25, 0.3) is 0 Å². The van der Waals surface area contributed by atoms with Gasteiger partial charge in [0.1, 0.15) is 6.54 Å². The number of sulfonamides is 1. The van der Waals surface area contributed by atoms with Crippen LogP contribution in [0.4, 0.5) is 5.69 Å². The van der Waals surface area contributed by atoms with Gasteiger partial charge in [-0.3, -0.25) is 4.79 Å². The van der Waals surface area contributed by atoms with Crippen molar-refractivity contribution in [2.75, 3.05) is 26.4 Å². The van der Waals surface area contributed by atoms with Gasteiger partial charge < -0.3 is 10.5 Å². The molecule has 7 heteroatoms. The summed E-state index contributed by atoms with van der Waals surface area (Å²) >= 11 is 0. The van der Waals surface area contributed by atoms with Crippen molar-refractivity contribution in [3.05, 3.63) is 23.8 Å². The fraction of sp³-hybridized carbons (Fsp3) is 0.364. The molecule has 0 heterocycles. The van der Waals surface area contributed by atoms with Crippen LogP contribution in [0.2, 0.25) is 0 Å². The molecule has 0 saturated carbocycles. The van der Waals surface area contributed by atoms with Crippen LogP contribution in [-0.2, 0) is 19.6 Å². The Bertz CT molecular complexity index is 554. The third kappa shape index (κ3) is 2.99. The Morgan fingerprint density at radius 3 is 2.56 bits per heavy atom. The lowest BCUT2D eigenvalue weighted by Gasteiger charge is -2.16. The Morgan fingerprint density at radius 2 is 2.06 bits per heavy atom. The molecule has 0 bridgehead atoms. The minimum absolute atomic E-state index is 0.0978. The predicted molar refractivity (Wildman–Crippen MR) is 67.4 cm³/mol. The maximum Gasteiger partial charge on any atom is 0.321 e. The number of hydrogen-bond acceptors (Lipinski definition) is 5. The SMILES string of the molecule is COC(=O)CN(C)S(=O)(=O)c1ccc(N)c(C)c1. The number of methoxy groups -OCH3 is 1. The van der Waals surface area contributed by atoms with E-state index in [4.69, 9.17) is 5.73 Å². The first kappa shape index (κ1) is 14.5. The fourth-order valence-corrected chi connectivity index (χ4v) is 2.52. The van der Waals surface area contributed by atoms with Crippen molar-refractivity contribution in [1.82, 2.24) is 4.31 Å². The summed E-state index contributed by atoms with van der Waals surface area (Å²) < 4.78 is 29.6. The molecule has 1 aromatic rings. The standard InChI is InChI=1S/C11H16N2O4S/c1-8-6-9(4-5-10(8)12)18(15,16)13(2)7-11(14)17-3/h4-6H,7,12H2,1-3H3. The van der Waals surface area contributed by atoms with Crippen LogP contribution in [0, 0.1) is 6.92 Å². The number of esters is 1. The van der Waals surface area contributed by atoms with Crippen LogP contribution < -0.4 is 5.73 Å². The number of carbonyl (C=O) groups is 1. The summed E-state index contributed by atoms with van der Waals surface area (Å²) in [5.74, 6) is -0.617. The van der Waals surface area contributed by atoms with Crippen LogP contribution >= 0.6 is 0 Å². The van der Waals surface area contributed by atoms with Gasteiger partial charge in [-0.15, -0.1) is 0 Å². The number of nitrogens with zero attached hydrogens (tertiary/aromatic N) is 1. The number of hydrogen-bond donors (Lipinski definition) is 1. The van der Waals surface area contributed by atoms with E-state index in [9.17, 15) is 13.2 Å². The van der Waals surface area contributed by atoms with Gasteiger partial charge in [0.2, 0.25) is 10.0 Å². The second-order valence-corrected chi connectivity index (χ2v) is 5.90. The van der Waals surface area contributed by atoms with Crippen LogP contribution in [0.1, 0.15) is 5.56 Å². The third-order valence-electron chi connectivity index (χ3n) is 2.53. The molecule has 0 saturated heterocycles. The van der Waals surface area contributed by atoms with Crippen LogP contribution in [-0.4, -0.2) is 39.4 Å². The lowest BCUT2D eigenvalue weighted by Crippen LogP contribution is -2.32. The van der Waals surface area contributed by atoms with E-state index in [0.717, 1.165) is 4.31 Å². The molecular formula is C11H16N2O4S. The molecule has 18 heavy (non-hydrogen) atoms. The number of ether oxygens (including phenoxy) is 1. The lowest BCUT2D eigenvalue weighted by molar-refractivity contribution is -0.140. The number of carbonyl (C=O) groups excluding carboxylic acids is 1. The van der Waals surface area contributed by atoms with Crippen LogP contribution in [0.3, 0.4) is 0 Å². The average Bonchev–Trinajstić information content (AvgIpc) is 2.32. The summed E-state index contributed by atoms with van der Waals surface area (Å²) in [6, 6.07) is 4.40. The topological polar surface area (TPSA) is 89.7 Å². The zero-order chi connectivity index (χ0) is 13.9. The van der Waals surface area contributed by atoms with E-state index in [2.05, 4.69) is 4.74 Å². The molecule has 6 nitrogen and oxygen atoms in total. The van der Waals surface area contributed by atoms with E-state index in [0.29, 0.717) is 11.3 Å². The van der Waals surface area contributed by atoms with Gasteiger partial charge >= 0.3 is 5.97 Å². The summed E-state index contributed by atoms with van der Waals surface area (Å²) in [7, 11) is -1.18. The zero-order valence-electron chi connectivity index (χ0n) is 10.5. The summed E-state index contributed by atoms with van der Waals surface area (Å²) in [4.78, 5) is 11.2. The van der Waals surface area contributed by atoms with Gasteiger partial charge in [-0.05, 0) is 30.7 Å². The highest BCUT2D eigenvalue weighted by Gasteiger charge is 2.23. The molecule has 0 aromatic heterocycles. The highest BCUT2D eigenvalue weighted by Crippen LogP contribution is 2.19. The van der Waals surface area contributed by atoms with Crippen molar-refractivity contribution >= 4 is 21.7 Å². The predicted octanol–water partition coefficient (Wildman–Crippen LogP) is 0.371. The minimum Gasteiger partial charge on any atom is -0.468 e. The summed E-state index contributed by atoms with van der Waals surface area (Å²) in [6.07, 6.45) is 0. The second-order valence-electron chi connectivity index (χ2n) is 3.86. The fourth-order valence-electron chi connectivity index (χ4n) is 1.32. The average molecular weight is 272 g/mol. The molecule has 1 rings (SSSR count). The molecule has 0 spiro atoms. The molecule has 0 amide bonds. The Balaban J connectivity index is 3.05. The van der Waals surface area contributed by atoms with E-state index >= 15 is 0 Å². The normalized spacial score (nSPS) is 11.6. The Labute approximate surface area is 106 Å². The second kappa shape index (κ2) is 5.36. The Morgan fingerprint density at radius 1 is 1.44 bits per heavy atom. The number of rotatable bonds is 4. The van der Waals surface area contributed by atoms with Crippen molar-refractivity contribution in [3.63, 3.8) is 0 Å². The number of likely N-dealkylation sites (N-methyl/N-ethyl adjacent to an activating group) is 1. The molecule has 1 aromatic carbocycles. The van der Waals surface area contributed by atoms with Crippen molar-refractivity contribution in [3.8, 4) is 0 Å². The van der Waals surface area contributed by atoms with Crippen molar-refractivity contribution in [1.29, 1.82) is 0 Å². The maximum atomic E-state index is 12.1. The van der Waals surface area contributed by atoms with E-state index in [1.807, 2.05) is 0 Å². The van der Waals surface area contributed by atoms with Gasteiger partial charge in [0.25, 0.3) is 0 Å². The molecular weight excluding hydrogens is 256 g/mol. The first-order chi connectivity index (χ1) is 8.28. The number of nitrogens with two attached hydrogens (primary N) is 1. The molecule has 0 aliphatic carbocycles. The Hall–Kier alpha value is -1.60. The molecule has 0 aliphatic heterocycles. The monoisotopic (exact) mass is 272 g/mol. The maximum absolute atomic E-state index is 12.1. The molecule has 0 fully saturated rings. The molecule has 0 unspecified atom stereocenters. The van der Waals surface area contributed by atoms with Gasteiger partial charge in [0.15, 0.2) is 0 Å². The van der Waals surface area contributed by atoms with Gasteiger partial charge in [0.05, 0.1) is 12.0 Å². The van der Waals surface area contributed by atoms with Gasteiger partial charge in [-0.2, -0.15) is 4.31 Å². The zero-order valence-corrected chi connectivity index (χ0v) is 11.3. The van der Waals surface area contributed by atoms with Gasteiger partial charge in [0, 0.05) is 12.7 Å². The number of benzene rings is 1. The number of anilines is 1. The minimum atomic E-state index is -3.71. The Kier molecular flexibility index (Phi) is 4.31. The molecule has 2 N–H and O–H groups in total. The number of aryl methyl sites for hydroxylation is 1. The summed E-state index contributed by atoms with van der Waals surface area (Å²) in [5, 5.41) is 0. The third-order valence-corrected chi connectivity index (χ3v) is 4.33. The van der Waals surface area contributed by atoms with Gasteiger partial charge in [-0.25, -0.2) is 8.42 Å². The van der Waals surface area contributed by atoms with Gasteiger partial charge in [-0.1, -0.05) is 0 Å². The summed E-state index contributed by atoms with van der Waals surface area (Å²) in [5.41, 5.74) is 6.81. The van der Waals surface area contributed by atoms with E-state index in [-0.39, 0.29) is 11.4 Å². The lowest BCUT2D eigenvalue weighted by atomic mass is 10.2. The summed E-state index contributed by atoms with van der Waals surface area (Å²) in [6.45, 7) is 1.39. The largest absolute Gasteiger partial charge is 0.468 e. The van der Waals surface area contributed by atoms with Crippen molar-refractivity contribution < 1.29 is 17.9 Å². The van der Waals surface area contributed by atoms with E-state index in [1.165, 1.54) is 32.4 Å². The van der Waals surface area contributed by atoms with E-state index in [1.54, 1.807) is 6.92 Å². The molecule has 0 radical (unpaired) electrons. The van der Waals surface area contributed by atoms with Crippen LogP contribution in [0.5, 0.6) is 0 Å². The first-order valence-corrected chi connectivity index (χ1v) is 6.62. The van der Waals surface area contributed by atoms with E-state index < -0.39 is 16.0 Å². The highest BCUT2D eigenvalue weighted by atomic mass is 32.2. The highest BCUT2D eigenvalue weighted by molar-refractivity contribution is 7.89. The molecule has 0 aliphatic rings. The van der Waals surface area contributed by atoms with Crippen molar-refractivity contribution in [2.45, 2.75) is 11.8 Å². The first-order valence-electron chi connectivity index (χ1n) is 5.18. The molecule has 0 atom stereocenters. The smallest absolute Gasteiger partial charge is 0.321 e. The molecule has 100 valence electrons. The number of nitrogen functional groups attached to an aromatic ring is 1. The van der Waals surface area contributed by atoms with Crippen molar-refractivity contribution in [2.24, 2.45) is 0 Å². The van der Waals surface area contributed by atoms with Crippen LogP contribution in [0.15, 0.2) is 23.1 Å².